The van der Waals surface area contributed by atoms with E-state index < -0.39 is 10.0 Å². The molecule has 0 saturated heterocycles. The predicted molar refractivity (Wildman–Crippen MR) is 70.6 cm³/mol. The number of nitrogen functional groups attached to an aromatic ring is 1. The molecule has 18 heavy (non-hydrogen) atoms. The Hall–Kier alpha value is -1.53. The summed E-state index contributed by atoms with van der Waals surface area (Å²) in [5.41, 5.74) is 7.03. The summed E-state index contributed by atoms with van der Waals surface area (Å²) in [5, 5.41) is 0.637. The average molecular weight is 265 g/mol. The average Bonchev–Trinajstić information content (AvgIpc) is 3.05. The Morgan fingerprint density at radius 1 is 1.39 bits per heavy atom. The summed E-state index contributed by atoms with van der Waals surface area (Å²) in [4.78, 5) is 3.22. The molecule has 1 aromatic carbocycles. The van der Waals surface area contributed by atoms with Crippen molar-refractivity contribution in [1.29, 1.82) is 0 Å². The zero-order valence-electron chi connectivity index (χ0n) is 9.81. The maximum Gasteiger partial charge on any atom is 0.242 e. The maximum atomic E-state index is 12.2. The lowest BCUT2D eigenvalue weighted by atomic mass is 10.2. The minimum Gasteiger partial charge on any atom is -0.399 e. The second-order valence-corrected chi connectivity index (χ2v) is 6.49. The van der Waals surface area contributed by atoms with E-state index in [-0.39, 0.29) is 4.90 Å². The molecule has 0 bridgehead atoms. The van der Waals surface area contributed by atoms with E-state index >= 15 is 0 Å². The number of rotatable bonds is 4. The number of aromatic amines is 1. The van der Waals surface area contributed by atoms with Gasteiger partial charge in [0.25, 0.3) is 0 Å². The van der Waals surface area contributed by atoms with Crippen molar-refractivity contribution in [3.05, 3.63) is 24.4 Å². The van der Waals surface area contributed by atoms with E-state index in [1.54, 1.807) is 18.2 Å². The number of anilines is 1. The topological polar surface area (TPSA) is 88.0 Å². The van der Waals surface area contributed by atoms with E-state index in [0.29, 0.717) is 23.5 Å². The van der Waals surface area contributed by atoms with E-state index in [0.717, 1.165) is 18.4 Å². The number of hydrogen-bond donors (Lipinski definition) is 3. The fourth-order valence-corrected chi connectivity index (χ4v) is 3.25. The third-order valence-electron chi connectivity index (χ3n) is 3.22. The monoisotopic (exact) mass is 265 g/mol. The highest BCUT2D eigenvalue weighted by molar-refractivity contribution is 7.89. The number of benzene rings is 1. The Labute approximate surface area is 105 Å². The third-order valence-corrected chi connectivity index (χ3v) is 4.68. The largest absolute Gasteiger partial charge is 0.399 e. The normalized spacial score (nSPS) is 16.2. The van der Waals surface area contributed by atoms with Crippen molar-refractivity contribution < 1.29 is 8.42 Å². The highest BCUT2D eigenvalue weighted by atomic mass is 32.2. The second kappa shape index (κ2) is 4.00. The molecule has 0 radical (unpaired) electrons. The van der Waals surface area contributed by atoms with Crippen LogP contribution in [0.15, 0.2) is 29.3 Å². The smallest absolute Gasteiger partial charge is 0.242 e. The Bertz CT molecular complexity index is 686. The molecule has 0 aliphatic heterocycles. The van der Waals surface area contributed by atoms with Gasteiger partial charge in [0.2, 0.25) is 10.0 Å². The van der Waals surface area contributed by atoms with Crippen LogP contribution < -0.4 is 10.5 Å². The molecule has 1 fully saturated rings. The molecule has 5 nitrogen and oxygen atoms in total. The van der Waals surface area contributed by atoms with Gasteiger partial charge in [-0.1, -0.05) is 0 Å². The molecule has 96 valence electrons. The molecule has 1 aliphatic rings. The van der Waals surface area contributed by atoms with Crippen LogP contribution in [0.1, 0.15) is 12.8 Å². The molecule has 1 saturated carbocycles. The van der Waals surface area contributed by atoms with Crippen molar-refractivity contribution in [2.45, 2.75) is 17.7 Å². The molecule has 1 heterocycles. The predicted octanol–water partition coefficient (Wildman–Crippen LogP) is 1.44. The number of hydrogen-bond acceptors (Lipinski definition) is 3. The first kappa shape index (κ1) is 11.6. The van der Waals surface area contributed by atoms with Gasteiger partial charge in [0.05, 0.1) is 0 Å². The molecule has 0 amide bonds. The zero-order chi connectivity index (χ0) is 12.8. The van der Waals surface area contributed by atoms with Gasteiger partial charge in [-0.3, -0.25) is 0 Å². The van der Waals surface area contributed by atoms with E-state index in [4.69, 9.17) is 5.73 Å². The molecule has 6 heteroatoms. The zero-order valence-corrected chi connectivity index (χ0v) is 10.6. The van der Waals surface area contributed by atoms with Gasteiger partial charge >= 0.3 is 0 Å². The minimum atomic E-state index is -3.45. The maximum absolute atomic E-state index is 12.2. The highest BCUT2D eigenvalue weighted by Crippen LogP contribution is 2.29. The summed E-state index contributed by atoms with van der Waals surface area (Å²) in [5.74, 6) is 0.509. The van der Waals surface area contributed by atoms with Crippen LogP contribution in [0, 0.1) is 5.92 Å². The van der Waals surface area contributed by atoms with Crippen molar-refractivity contribution in [3.63, 3.8) is 0 Å². The highest BCUT2D eigenvalue weighted by Gasteiger charge is 2.25. The van der Waals surface area contributed by atoms with Crippen LogP contribution in [-0.2, 0) is 10.0 Å². The molecule has 4 N–H and O–H groups in total. The number of nitrogens with one attached hydrogen (secondary N) is 2. The van der Waals surface area contributed by atoms with Gasteiger partial charge < -0.3 is 10.7 Å². The molecule has 0 unspecified atom stereocenters. The lowest BCUT2D eigenvalue weighted by Crippen LogP contribution is -2.25. The molecule has 1 aliphatic carbocycles. The van der Waals surface area contributed by atoms with Gasteiger partial charge in [0.15, 0.2) is 0 Å². The van der Waals surface area contributed by atoms with Gasteiger partial charge in [-0.05, 0) is 37.0 Å². The van der Waals surface area contributed by atoms with Gasteiger partial charge in [0.1, 0.15) is 4.90 Å². The van der Waals surface area contributed by atoms with Gasteiger partial charge in [-0.15, -0.1) is 0 Å². The first-order valence-corrected chi connectivity index (χ1v) is 7.41. The molecular weight excluding hydrogens is 250 g/mol. The van der Waals surface area contributed by atoms with Crippen molar-refractivity contribution in [2.24, 2.45) is 5.92 Å². The van der Waals surface area contributed by atoms with E-state index in [9.17, 15) is 8.42 Å². The molecule has 2 aromatic rings. The Morgan fingerprint density at radius 3 is 2.89 bits per heavy atom. The summed E-state index contributed by atoms with van der Waals surface area (Å²) >= 11 is 0. The Balaban J connectivity index is 1.99. The number of H-pyrrole nitrogens is 1. The Kier molecular flexibility index (Phi) is 2.57. The van der Waals surface area contributed by atoms with Crippen molar-refractivity contribution in [3.8, 4) is 0 Å². The van der Waals surface area contributed by atoms with Crippen LogP contribution in [0.3, 0.4) is 0 Å². The van der Waals surface area contributed by atoms with E-state index in [2.05, 4.69) is 9.71 Å². The number of sulfonamides is 1. The van der Waals surface area contributed by atoms with Crippen LogP contribution in [0.4, 0.5) is 5.69 Å². The fraction of sp³-hybridized carbons (Fsp3) is 0.333. The molecule has 0 atom stereocenters. The van der Waals surface area contributed by atoms with Crippen molar-refractivity contribution in [1.82, 2.24) is 9.71 Å². The second-order valence-electron chi connectivity index (χ2n) is 4.75. The van der Waals surface area contributed by atoms with Crippen molar-refractivity contribution in [2.75, 3.05) is 12.3 Å². The number of aromatic nitrogens is 1. The molecule has 3 rings (SSSR count). The van der Waals surface area contributed by atoms with E-state index in [1.807, 2.05) is 0 Å². The van der Waals surface area contributed by atoms with E-state index in [1.165, 1.54) is 6.20 Å². The standard InChI is InChI=1S/C12H15N3O2S/c13-9-3-4-11-10(5-9)12(7-14-11)18(16,17)15-6-8-1-2-8/h3-5,7-8,14-15H,1-2,6,13H2. The number of nitrogens with two attached hydrogens (primary N) is 1. The lowest BCUT2D eigenvalue weighted by molar-refractivity contribution is 0.578. The van der Waals surface area contributed by atoms with Crippen LogP contribution >= 0.6 is 0 Å². The first-order valence-electron chi connectivity index (χ1n) is 5.92. The summed E-state index contributed by atoms with van der Waals surface area (Å²) in [7, 11) is -3.45. The lowest BCUT2D eigenvalue weighted by Gasteiger charge is -2.04. The van der Waals surface area contributed by atoms with Crippen LogP contribution in [0.2, 0.25) is 0 Å². The van der Waals surface area contributed by atoms with Crippen LogP contribution in [0.5, 0.6) is 0 Å². The minimum absolute atomic E-state index is 0.269. The third kappa shape index (κ3) is 2.09. The fourth-order valence-electron chi connectivity index (χ4n) is 1.96. The first-order chi connectivity index (χ1) is 8.56. The quantitative estimate of drug-likeness (QED) is 0.731. The summed E-state index contributed by atoms with van der Waals surface area (Å²) in [6.45, 7) is 0.525. The van der Waals surface area contributed by atoms with Crippen molar-refractivity contribution >= 4 is 26.6 Å². The summed E-state index contributed by atoms with van der Waals surface area (Å²) < 4.78 is 27.0. The van der Waals surface area contributed by atoms with Gasteiger partial charge in [-0.25, -0.2) is 13.1 Å². The van der Waals surface area contributed by atoms with Gasteiger partial charge in [-0.2, -0.15) is 0 Å². The SMILES string of the molecule is Nc1ccc2[nH]cc(S(=O)(=O)NCC3CC3)c2c1. The number of fused-ring (bicyclic) bond motifs is 1. The summed E-state index contributed by atoms with van der Waals surface area (Å²) in [6.07, 6.45) is 3.74. The van der Waals surface area contributed by atoms with Crippen LogP contribution in [0.25, 0.3) is 10.9 Å². The molecule has 1 aromatic heterocycles. The molecule has 0 spiro atoms. The Morgan fingerprint density at radius 2 is 2.17 bits per heavy atom. The summed E-state index contributed by atoms with van der Waals surface area (Å²) in [6, 6.07) is 5.20. The molecular formula is C12H15N3O2S. The van der Waals surface area contributed by atoms with Gasteiger partial charge in [0, 0.05) is 29.3 Å². The van der Waals surface area contributed by atoms with Crippen LogP contribution in [-0.4, -0.2) is 19.9 Å².